The first kappa shape index (κ1) is 23.8. The zero-order valence-corrected chi connectivity index (χ0v) is 17.8. The van der Waals surface area contributed by atoms with Crippen molar-refractivity contribution in [1.82, 2.24) is 10.2 Å². The van der Waals surface area contributed by atoms with E-state index in [1.807, 2.05) is 13.8 Å². The Labute approximate surface area is 165 Å². The molecule has 0 bridgehead atoms. The third kappa shape index (κ3) is 7.34. The molecule has 27 heavy (non-hydrogen) atoms. The SMILES string of the molecule is CCCC(O)(CC)CNCC=O.COCC1c2cccc(C)c2CCN1C. The Morgan fingerprint density at radius 1 is 1.41 bits per heavy atom. The molecule has 0 spiro atoms. The number of nitrogens with zero attached hydrogens (tertiary/aromatic N) is 1. The number of nitrogens with one attached hydrogen (secondary N) is 1. The maximum absolute atomic E-state index is 9.99. The highest BCUT2D eigenvalue weighted by atomic mass is 16.5. The van der Waals surface area contributed by atoms with Crippen LogP contribution in [0.3, 0.4) is 0 Å². The highest BCUT2D eigenvalue weighted by molar-refractivity contribution is 5.51. The van der Waals surface area contributed by atoms with E-state index >= 15 is 0 Å². The molecule has 0 fully saturated rings. The number of ether oxygens (including phenoxy) is 1. The summed E-state index contributed by atoms with van der Waals surface area (Å²) in [6.45, 7) is 8.95. The minimum absolute atomic E-state index is 0.325. The van der Waals surface area contributed by atoms with E-state index in [0.29, 0.717) is 19.1 Å². The average Bonchev–Trinajstić information content (AvgIpc) is 2.65. The fraction of sp³-hybridized carbons (Fsp3) is 0.682. The van der Waals surface area contributed by atoms with Crippen molar-refractivity contribution in [3.05, 3.63) is 34.9 Å². The van der Waals surface area contributed by atoms with E-state index in [4.69, 9.17) is 4.74 Å². The minimum Gasteiger partial charge on any atom is -0.389 e. The van der Waals surface area contributed by atoms with Gasteiger partial charge in [0.2, 0.25) is 0 Å². The quantitative estimate of drug-likeness (QED) is 0.511. The summed E-state index contributed by atoms with van der Waals surface area (Å²) in [5.41, 5.74) is 3.77. The second-order valence-corrected chi connectivity index (χ2v) is 7.47. The molecule has 0 amide bonds. The van der Waals surface area contributed by atoms with Gasteiger partial charge in [-0.05, 0) is 49.9 Å². The summed E-state index contributed by atoms with van der Waals surface area (Å²) in [4.78, 5) is 12.4. The number of rotatable bonds is 9. The number of benzene rings is 1. The topological polar surface area (TPSA) is 61.8 Å². The number of methoxy groups -OCH3 is 1. The predicted octanol–water partition coefficient (Wildman–Crippen LogP) is 2.89. The van der Waals surface area contributed by atoms with Crippen LogP contribution in [-0.2, 0) is 16.0 Å². The van der Waals surface area contributed by atoms with Crippen LogP contribution in [0.2, 0.25) is 0 Å². The van der Waals surface area contributed by atoms with E-state index in [1.54, 1.807) is 7.11 Å². The molecule has 0 aromatic heterocycles. The number of aliphatic hydroxyl groups is 1. The summed E-state index contributed by atoms with van der Waals surface area (Å²) in [5, 5.41) is 12.8. The largest absolute Gasteiger partial charge is 0.389 e. The molecule has 154 valence electrons. The van der Waals surface area contributed by atoms with E-state index in [-0.39, 0.29) is 0 Å². The molecule has 0 saturated carbocycles. The average molecular weight is 379 g/mol. The lowest BCUT2D eigenvalue weighted by Gasteiger charge is -2.34. The lowest BCUT2D eigenvalue weighted by atomic mass is 9.90. The number of likely N-dealkylation sites (N-methyl/N-ethyl adjacent to an activating group) is 1. The van der Waals surface area contributed by atoms with E-state index < -0.39 is 5.60 Å². The van der Waals surface area contributed by atoms with Crippen molar-refractivity contribution in [3.8, 4) is 0 Å². The van der Waals surface area contributed by atoms with Crippen LogP contribution in [0.4, 0.5) is 0 Å². The lowest BCUT2D eigenvalue weighted by Crippen LogP contribution is -2.40. The van der Waals surface area contributed by atoms with Crippen molar-refractivity contribution in [3.63, 3.8) is 0 Å². The van der Waals surface area contributed by atoms with Crippen molar-refractivity contribution in [2.24, 2.45) is 0 Å². The zero-order valence-electron chi connectivity index (χ0n) is 17.8. The summed E-state index contributed by atoms with van der Waals surface area (Å²) in [5.74, 6) is 0. The molecule has 5 heteroatoms. The van der Waals surface area contributed by atoms with Crippen LogP contribution in [0.15, 0.2) is 18.2 Å². The van der Waals surface area contributed by atoms with Gasteiger partial charge in [0, 0.05) is 20.2 Å². The number of fused-ring (bicyclic) bond motifs is 1. The molecule has 1 aliphatic heterocycles. The van der Waals surface area contributed by atoms with Gasteiger partial charge in [-0.25, -0.2) is 0 Å². The van der Waals surface area contributed by atoms with Gasteiger partial charge in [-0.2, -0.15) is 0 Å². The molecule has 1 aromatic carbocycles. The van der Waals surface area contributed by atoms with Crippen molar-refractivity contribution in [2.75, 3.05) is 40.4 Å². The van der Waals surface area contributed by atoms with Gasteiger partial charge >= 0.3 is 0 Å². The molecular formula is C22H38N2O3. The van der Waals surface area contributed by atoms with E-state index in [2.05, 4.69) is 42.4 Å². The Kier molecular flexibility index (Phi) is 10.8. The van der Waals surface area contributed by atoms with Gasteiger partial charge in [-0.3, -0.25) is 4.90 Å². The first-order chi connectivity index (χ1) is 12.9. The third-order valence-electron chi connectivity index (χ3n) is 5.43. The lowest BCUT2D eigenvalue weighted by molar-refractivity contribution is -0.107. The minimum atomic E-state index is -0.627. The van der Waals surface area contributed by atoms with Crippen molar-refractivity contribution in [1.29, 1.82) is 0 Å². The number of carbonyl (C=O) groups excluding carboxylic acids is 1. The van der Waals surface area contributed by atoms with Crippen LogP contribution in [0.1, 0.15) is 55.8 Å². The molecule has 2 rings (SSSR count). The maximum atomic E-state index is 9.99. The molecule has 1 heterocycles. The number of aldehydes is 1. The van der Waals surface area contributed by atoms with Gasteiger partial charge in [0.1, 0.15) is 6.29 Å². The highest BCUT2D eigenvalue weighted by Crippen LogP contribution is 2.30. The Morgan fingerprint density at radius 3 is 2.74 bits per heavy atom. The normalized spacial score (nSPS) is 18.8. The zero-order chi connectivity index (χ0) is 20.3. The summed E-state index contributed by atoms with van der Waals surface area (Å²) < 4.78 is 5.31. The highest BCUT2D eigenvalue weighted by Gasteiger charge is 2.25. The van der Waals surface area contributed by atoms with Crippen molar-refractivity contribution < 1.29 is 14.6 Å². The van der Waals surface area contributed by atoms with Crippen molar-refractivity contribution in [2.45, 2.75) is 58.1 Å². The second kappa shape index (κ2) is 12.2. The van der Waals surface area contributed by atoms with Gasteiger partial charge in [-0.15, -0.1) is 0 Å². The summed E-state index contributed by atoms with van der Waals surface area (Å²) in [7, 11) is 3.95. The number of hydrogen-bond acceptors (Lipinski definition) is 5. The van der Waals surface area contributed by atoms with Crippen molar-refractivity contribution >= 4 is 6.29 Å². The molecular weight excluding hydrogens is 340 g/mol. The standard InChI is InChI=1S/C13H19NO.C9H19NO2/c1-10-5-4-6-12-11(10)7-8-14(2)13(12)9-15-3;1-3-5-9(12,4-2)8-10-6-7-11/h4-6,13H,7-9H2,1-3H3;7,10,12H,3-6,8H2,1-2H3. The molecule has 2 unspecified atom stereocenters. The summed E-state index contributed by atoms with van der Waals surface area (Å²) >= 11 is 0. The van der Waals surface area contributed by atoms with Crippen LogP contribution in [-0.4, -0.2) is 62.3 Å². The number of hydrogen-bond donors (Lipinski definition) is 2. The Hall–Kier alpha value is -1.27. The van der Waals surface area contributed by atoms with E-state index in [0.717, 1.165) is 38.7 Å². The summed E-state index contributed by atoms with van der Waals surface area (Å²) in [6.07, 6.45) is 4.45. The van der Waals surface area contributed by atoms with Crippen LogP contribution < -0.4 is 5.32 Å². The first-order valence-corrected chi connectivity index (χ1v) is 10.1. The number of carbonyl (C=O) groups is 1. The maximum Gasteiger partial charge on any atom is 0.133 e. The van der Waals surface area contributed by atoms with Gasteiger partial charge in [0.05, 0.1) is 24.8 Å². The molecule has 1 aromatic rings. The molecule has 2 atom stereocenters. The van der Waals surface area contributed by atoms with E-state index in [9.17, 15) is 9.90 Å². The predicted molar refractivity (Wildman–Crippen MR) is 111 cm³/mol. The van der Waals surface area contributed by atoms with Gasteiger partial charge in [-0.1, -0.05) is 38.5 Å². The van der Waals surface area contributed by atoms with Crippen LogP contribution in [0.25, 0.3) is 0 Å². The van der Waals surface area contributed by atoms with Gasteiger partial charge < -0.3 is 20.0 Å². The molecule has 0 saturated heterocycles. The van der Waals surface area contributed by atoms with Crippen LogP contribution >= 0.6 is 0 Å². The Morgan fingerprint density at radius 2 is 2.15 bits per heavy atom. The molecule has 1 aliphatic rings. The number of aryl methyl sites for hydroxylation is 1. The van der Waals surface area contributed by atoms with Gasteiger partial charge in [0.25, 0.3) is 0 Å². The molecule has 0 radical (unpaired) electrons. The Bertz CT molecular complexity index is 564. The monoisotopic (exact) mass is 378 g/mol. The third-order valence-corrected chi connectivity index (χ3v) is 5.43. The smallest absolute Gasteiger partial charge is 0.133 e. The van der Waals surface area contributed by atoms with Crippen LogP contribution in [0, 0.1) is 6.92 Å². The molecule has 0 aliphatic carbocycles. The Balaban J connectivity index is 0.000000279. The second-order valence-electron chi connectivity index (χ2n) is 7.47. The first-order valence-electron chi connectivity index (χ1n) is 10.1. The van der Waals surface area contributed by atoms with E-state index in [1.165, 1.54) is 23.1 Å². The summed E-state index contributed by atoms with van der Waals surface area (Å²) in [6, 6.07) is 7.02. The molecule has 5 nitrogen and oxygen atoms in total. The fourth-order valence-corrected chi connectivity index (χ4v) is 3.65. The van der Waals surface area contributed by atoms with Gasteiger partial charge in [0.15, 0.2) is 0 Å². The molecule has 2 N–H and O–H groups in total. The fourth-order valence-electron chi connectivity index (χ4n) is 3.65. The van der Waals surface area contributed by atoms with Crippen LogP contribution in [0.5, 0.6) is 0 Å².